The van der Waals surface area contributed by atoms with Gasteiger partial charge >= 0.3 is 0 Å². The van der Waals surface area contributed by atoms with Crippen LogP contribution in [0, 0.1) is 5.92 Å². The Hall–Kier alpha value is -1.33. The van der Waals surface area contributed by atoms with Gasteiger partial charge in [0.1, 0.15) is 11.5 Å². The lowest BCUT2D eigenvalue weighted by atomic mass is 10.00. The molecule has 0 aromatic carbocycles. The van der Waals surface area contributed by atoms with Gasteiger partial charge in [-0.2, -0.15) is 0 Å². The number of amides is 1. The number of aromatic nitrogens is 1. The molecule has 1 aliphatic rings. The van der Waals surface area contributed by atoms with Crippen molar-refractivity contribution in [3.63, 3.8) is 0 Å². The average molecular weight is 284 g/mol. The van der Waals surface area contributed by atoms with E-state index >= 15 is 0 Å². The SMILES string of the molecule is CN(CC1CCOCC1)C(=O)c1nc(N)ccc1Cl. The standard InChI is InChI=1S/C13H18ClN3O2/c1-17(8-9-4-6-19-7-5-9)13(18)12-10(14)2-3-11(15)16-12/h2-3,9H,4-8H2,1H3,(H2,15,16). The van der Waals surface area contributed by atoms with Crippen LogP contribution in [0.15, 0.2) is 12.1 Å². The van der Waals surface area contributed by atoms with Crippen LogP contribution < -0.4 is 5.73 Å². The van der Waals surface area contributed by atoms with Crippen molar-refractivity contribution in [1.82, 2.24) is 9.88 Å². The third kappa shape index (κ3) is 3.58. The molecule has 1 saturated heterocycles. The van der Waals surface area contributed by atoms with Crippen molar-refractivity contribution in [3.05, 3.63) is 22.8 Å². The van der Waals surface area contributed by atoms with Crippen LogP contribution in [0.5, 0.6) is 0 Å². The molecule has 0 spiro atoms. The molecule has 0 saturated carbocycles. The Labute approximate surface area is 117 Å². The summed E-state index contributed by atoms with van der Waals surface area (Å²) in [6, 6.07) is 3.18. The lowest BCUT2D eigenvalue weighted by molar-refractivity contribution is 0.0495. The normalized spacial score (nSPS) is 16.3. The summed E-state index contributed by atoms with van der Waals surface area (Å²) < 4.78 is 5.31. The van der Waals surface area contributed by atoms with Crippen LogP contribution in [0.1, 0.15) is 23.3 Å². The zero-order valence-electron chi connectivity index (χ0n) is 10.9. The van der Waals surface area contributed by atoms with E-state index in [-0.39, 0.29) is 11.6 Å². The first-order chi connectivity index (χ1) is 9.08. The van der Waals surface area contributed by atoms with Crippen molar-refractivity contribution < 1.29 is 9.53 Å². The molecule has 0 radical (unpaired) electrons. The van der Waals surface area contributed by atoms with Crippen molar-refractivity contribution in [2.24, 2.45) is 5.92 Å². The summed E-state index contributed by atoms with van der Waals surface area (Å²) in [4.78, 5) is 18.0. The fraction of sp³-hybridized carbons (Fsp3) is 0.538. The number of pyridine rings is 1. The lowest BCUT2D eigenvalue weighted by Crippen LogP contribution is -2.34. The van der Waals surface area contributed by atoms with Gasteiger partial charge in [0.25, 0.3) is 5.91 Å². The second-order valence-electron chi connectivity index (χ2n) is 4.81. The highest BCUT2D eigenvalue weighted by molar-refractivity contribution is 6.33. The second-order valence-corrected chi connectivity index (χ2v) is 5.22. The fourth-order valence-corrected chi connectivity index (χ4v) is 2.37. The molecule has 1 aliphatic heterocycles. The number of hydrogen-bond donors (Lipinski definition) is 1. The van der Waals surface area contributed by atoms with Gasteiger partial charge in [-0.25, -0.2) is 4.98 Å². The third-order valence-corrected chi connectivity index (χ3v) is 3.59. The van der Waals surface area contributed by atoms with Gasteiger partial charge in [-0.1, -0.05) is 11.6 Å². The quantitative estimate of drug-likeness (QED) is 0.919. The minimum absolute atomic E-state index is 0.191. The Kier molecular flexibility index (Phi) is 4.61. The lowest BCUT2D eigenvalue weighted by Gasteiger charge is -2.27. The first-order valence-electron chi connectivity index (χ1n) is 6.33. The molecule has 0 unspecified atom stereocenters. The van der Waals surface area contributed by atoms with Gasteiger partial charge in [0.15, 0.2) is 0 Å². The molecule has 1 fully saturated rings. The highest BCUT2D eigenvalue weighted by Crippen LogP contribution is 2.19. The number of anilines is 1. The maximum absolute atomic E-state index is 12.3. The van der Waals surface area contributed by atoms with E-state index in [0.29, 0.717) is 23.3 Å². The molecular formula is C13H18ClN3O2. The number of carbonyl (C=O) groups is 1. The summed E-state index contributed by atoms with van der Waals surface area (Å²) in [5.41, 5.74) is 5.81. The number of ether oxygens (including phenoxy) is 1. The second kappa shape index (κ2) is 6.21. The predicted molar refractivity (Wildman–Crippen MR) is 74.2 cm³/mol. The van der Waals surface area contributed by atoms with E-state index in [1.807, 2.05) is 0 Å². The van der Waals surface area contributed by atoms with Crippen molar-refractivity contribution in [3.8, 4) is 0 Å². The Balaban J connectivity index is 2.03. The summed E-state index contributed by atoms with van der Waals surface area (Å²) in [5, 5.41) is 0.332. The van der Waals surface area contributed by atoms with Crippen LogP contribution in [-0.2, 0) is 4.74 Å². The molecule has 0 atom stereocenters. The number of rotatable bonds is 3. The van der Waals surface area contributed by atoms with Crippen LogP contribution in [0.2, 0.25) is 5.02 Å². The third-order valence-electron chi connectivity index (χ3n) is 3.29. The van der Waals surface area contributed by atoms with Gasteiger partial charge < -0.3 is 15.4 Å². The van der Waals surface area contributed by atoms with Gasteiger partial charge in [0, 0.05) is 26.8 Å². The maximum atomic E-state index is 12.3. The highest BCUT2D eigenvalue weighted by Gasteiger charge is 2.22. The average Bonchev–Trinajstić information content (AvgIpc) is 2.42. The van der Waals surface area contributed by atoms with Gasteiger partial charge in [0.05, 0.1) is 5.02 Å². The Morgan fingerprint density at radius 3 is 2.89 bits per heavy atom. The van der Waals surface area contributed by atoms with Crippen molar-refractivity contribution in [2.45, 2.75) is 12.8 Å². The topological polar surface area (TPSA) is 68.5 Å². The Bertz CT molecular complexity index is 461. The maximum Gasteiger partial charge on any atom is 0.273 e. The summed E-state index contributed by atoms with van der Waals surface area (Å²) in [5.74, 6) is 0.582. The molecule has 1 aromatic heterocycles. The van der Waals surface area contributed by atoms with Gasteiger partial charge in [0.2, 0.25) is 0 Å². The van der Waals surface area contributed by atoms with E-state index in [4.69, 9.17) is 22.1 Å². The number of carbonyl (C=O) groups excluding carboxylic acids is 1. The van der Waals surface area contributed by atoms with Crippen molar-refractivity contribution in [1.29, 1.82) is 0 Å². The minimum Gasteiger partial charge on any atom is -0.384 e. The van der Waals surface area contributed by atoms with Crippen molar-refractivity contribution >= 4 is 23.3 Å². The molecule has 2 rings (SSSR count). The number of nitrogen functional groups attached to an aromatic ring is 1. The molecule has 1 amide bonds. The van der Waals surface area contributed by atoms with Crippen LogP contribution in [-0.4, -0.2) is 42.6 Å². The highest BCUT2D eigenvalue weighted by atomic mass is 35.5. The summed E-state index contributed by atoms with van der Waals surface area (Å²) in [6.45, 7) is 2.23. The predicted octanol–water partition coefficient (Wildman–Crippen LogP) is 1.82. The summed E-state index contributed by atoms with van der Waals surface area (Å²) in [6.07, 6.45) is 1.96. The van der Waals surface area contributed by atoms with E-state index in [2.05, 4.69) is 4.98 Å². The van der Waals surface area contributed by atoms with Crippen LogP contribution in [0.25, 0.3) is 0 Å². The molecule has 1 aromatic rings. The fourth-order valence-electron chi connectivity index (χ4n) is 2.19. The zero-order valence-corrected chi connectivity index (χ0v) is 11.7. The van der Waals surface area contributed by atoms with Crippen LogP contribution in [0.4, 0.5) is 5.82 Å². The van der Waals surface area contributed by atoms with Gasteiger partial charge in [-0.05, 0) is 30.9 Å². The summed E-state index contributed by atoms with van der Waals surface area (Å²) in [7, 11) is 1.76. The minimum atomic E-state index is -0.191. The summed E-state index contributed by atoms with van der Waals surface area (Å²) >= 11 is 5.99. The van der Waals surface area contributed by atoms with Crippen molar-refractivity contribution in [2.75, 3.05) is 32.5 Å². The number of nitrogens with zero attached hydrogens (tertiary/aromatic N) is 2. The molecule has 0 aliphatic carbocycles. The molecular weight excluding hydrogens is 266 g/mol. The van der Waals surface area contributed by atoms with Crippen LogP contribution in [0.3, 0.4) is 0 Å². The van der Waals surface area contributed by atoms with E-state index < -0.39 is 0 Å². The van der Waals surface area contributed by atoms with E-state index in [1.165, 1.54) is 0 Å². The molecule has 2 N–H and O–H groups in total. The number of nitrogens with two attached hydrogens (primary N) is 1. The Morgan fingerprint density at radius 1 is 1.53 bits per heavy atom. The number of hydrogen-bond acceptors (Lipinski definition) is 4. The Morgan fingerprint density at radius 2 is 2.21 bits per heavy atom. The first kappa shape index (κ1) is 14.1. The first-order valence-corrected chi connectivity index (χ1v) is 6.71. The van der Waals surface area contributed by atoms with E-state index in [0.717, 1.165) is 26.1 Å². The van der Waals surface area contributed by atoms with E-state index in [9.17, 15) is 4.79 Å². The molecule has 2 heterocycles. The van der Waals surface area contributed by atoms with Gasteiger partial charge in [-0.15, -0.1) is 0 Å². The largest absolute Gasteiger partial charge is 0.384 e. The van der Waals surface area contributed by atoms with Crippen LogP contribution >= 0.6 is 11.6 Å². The number of halogens is 1. The zero-order chi connectivity index (χ0) is 13.8. The monoisotopic (exact) mass is 283 g/mol. The molecule has 6 heteroatoms. The smallest absolute Gasteiger partial charge is 0.273 e. The van der Waals surface area contributed by atoms with E-state index in [1.54, 1.807) is 24.1 Å². The molecule has 104 valence electrons. The molecule has 5 nitrogen and oxygen atoms in total. The van der Waals surface area contributed by atoms with Gasteiger partial charge in [-0.3, -0.25) is 4.79 Å². The molecule has 0 bridgehead atoms. The molecule has 19 heavy (non-hydrogen) atoms.